The Kier molecular flexibility index (Phi) is 5.59. The Balaban J connectivity index is 1.65. The lowest BCUT2D eigenvalue weighted by atomic mass is 10.1. The second kappa shape index (κ2) is 8.07. The fourth-order valence-corrected chi connectivity index (χ4v) is 3.09. The minimum Gasteiger partial charge on any atom is -0.493 e. The Morgan fingerprint density at radius 1 is 1.19 bits per heavy atom. The van der Waals surface area contributed by atoms with E-state index in [0.717, 1.165) is 0 Å². The van der Waals surface area contributed by atoms with Crippen LogP contribution in [-0.2, 0) is 16.1 Å². The predicted octanol–water partition coefficient (Wildman–Crippen LogP) is 2.83. The van der Waals surface area contributed by atoms with Crippen LogP contribution in [0.3, 0.4) is 0 Å². The van der Waals surface area contributed by atoms with E-state index in [0.29, 0.717) is 22.7 Å². The number of anilines is 1. The van der Waals surface area contributed by atoms with Gasteiger partial charge in [0.05, 0.1) is 20.1 Å². The van der Waals surface area contributed by atoms with Gasteiger partial charge in [-0.3, -0.25) is 9.59 Å². The van der Waals surface area contributed by atoms with Crippen LogP contribution < -0.4 is 14.8 Å². The van der Waals surface area contributed by atoms with Crippen LogP contribution in [0.4, 0.5) is 10.1 Å². The zero-order chi connectivity index (χ0) is 19.4. The Morgan fingerprint density at radius 2 is 1.93 bits per heavy atom. The van der Waals surface area contributed by atoms with Gasteiger partial charge in [0, 0.05) is 36.8 Å². The van der Waals surface area contributed by atoms with Crippen molar-refractivity contribution in [3.8, 4) is 11.5 Å². The number of likely N-dealkylation sites (tertiary alicyclic amines) is 1. The highest BCUT2D eigenvalue weighted by molar-refractivity contribution is 5.97. The summed E-state index contributed by atoms with van der Waals surface area (Å²) in [5.41, 5.74) is 0.990. The Morgan fingerprint density at radius 3 is 2.63 bits per heavy atom. The fraction of sp³-hybridized carbons (Fsp3) is 0.300. The summed E-state index contributed by atoms with van der Waals surface area (Å²) in [6.45, 7) is 0.415. The molecule has 3 rings (SSSR count). The second-order valence-corrected chi connectivity index (χ2v) is 6.33. The zero-order valence-electron chi connectivity index (χ0n) is 15.2. The predicted molar refractivity (Wildman–Crippen MR) is 98.1 cm³/mol. The molecule has 1 fully saturated rings. The number of ether oxygens (including phenoxy) is 2. The van der Waals surface area contributed by atoms with Crippen molar-refractivity contribution in [3.05, 3.63) is 53.8 Å². The van der Waals surface area contributed by atoms with Gasteiger partial charge in [0.15, 0.2) is 11.5 Å². The van der Waals surface area contributed by atoms with Crippen LogP contribution in [0, 0.1) is 11.7 Å². The first-order chi connectivity index (χ1) is 13.0. The van der Waals surface area contributed by atoms with Crippen molar-refractivity contribution in [1.29, 1.82) is 0 Å². The van der Waals surface area contributed by atoms with Gasteiger partial charge in [-0.1, -0.05) is 18.2 Å². The molecular weight excluding hydrogens is 351 g/mol. The van der Waals surface area contributed by atoms with Gasteiger partial charge in [-0.05, 0) is 18.2 Å². The lowest BCUT2D eigenvalue weighted by molar-refractivity contribution is -0.128. The number of carbonyl (C=O) groups excluding carboxylic acids is 2. The van der Waals surface area contributed by atoms with Gasteiger partial charge in [0.1, 0.15) is 5.82 Å². The zero-order valence-corrected chi connectivity index (χ0v) is 15.2. The molecule has 0 bridgehead atoms. The van der Waals surface area contributed by atoms with Crippen LogP contribution >= 0.6 is 0 Å². The summed E-state index contributed by atoms with van der Waals surface area (Å²) in [7, 11) is 3.05. The molecule has 2 aromatic rings. The van der Waals surface area contributed by atoms with E-state index in [9.17, 15) is 14.0 Å². The number of nitrogens with zero attached hydrogens (tertiary/aromatic N) is 1. The lowest BCUT2D eigenvalue weighted by Gasteiger charge is -2.17. The summed E-state index contributed by atoms with van der Waals surface area (Å²) >= 11 is 0. The molecule has 1 unspecified atom stereocenters. The average Bonchev–Trinajstić information content (AvgIpc) is 3.04. The van der Waals surface area contributed by atoms with Gasteiger partial charge in [0.25, 0.3) is 0 Å². The first-order valence-corrected chi connectivity index (χ1v) is 8.56. The number of amides is 2. The number of methoxy groups -OCH3 is 2. The van der Waals surface area contributed by atoms with Crippen molar-refractivity contribution in [2.24, 2.45) is 5.92 Å². The molecule has 7 heteroatoms. The van der Waals surface area contributed by atoms with Crippen LogP contribution in [0.25, 0.3) is 0 Å². The van der Waals surface area contributed by atoms with Crippen LogP contribution in [0.15, 0.2) is 42.5 Å². The summed E-state index contributed by atoms with van der Waals surface area (Å²) in [5, 5.41) is 2.80. The third kappa shape index (κ3) is 4.19. The van der Waals surface area contributed by atoms with Gasteiger partial charge in [-0.15, -0.1) is 0 Å². The second-order valence-electron chi connectivity index (χ2n) is 6.33. The van der Waals surface area contributed by atoms with Crippen molar-refractivity contribution >= 4 is 17.5 Å². The largest absolute Gasteiger partial charge is 0.493 e. The molecule has 142 valence electrons. The number of rotatable bonds is 6. The van der Waals surface area contributed by atoms with E-state index >= 15 is 0 Å². The Bertz CT molecular complexity index is 856. The molecule has 1 saturated heterocycles. The summed E-state index contributed by atoms with van der Waals surface area (Å²) in [6.07, 6.45) is 0.105. The molecule has 2 amide bonds. The average molecular weight is 372 g/mol. The van der Waals surface area contributed by atoms with Gasteiger partial charge < -0.3 is 19.7 Å². The SMILES string of the molecule is COc1ccc(NC(=O)C2CC(=O)N(Cc3ccccc3F)C2)cc1OC. The molecule has 1 aliphatic heterocycles. The maximum Gasteiger partial charge on any atom is 0.229 e. The number of carbonyl (C=O) groups is 2. The molecule has 0 aliphatic carbocycles. The van der Waals surface area contributed by atoms with E-state index in [2.05, 4.69) is 5.32 Å². The van der Waals surface area contributed by atoms with Gasteiger partial charge in [0.2, 0.25) is 11.8 Å². The summed E-state index contributed by atoms with van der Waals surface area (Å²) in [6, 6.07) is 11.4. The minimum absolute atomic E-state index is 0.105. The quantitative estimate of drug-likeness (QED) is 0.847. The van der Waals surface area contributed by atoms with Crippen LogP contribution in [0.2, 0.25) is 0 Å². The maximum atomic E-state index is 13.8. The highest BCUT2D eigenvalue weighted by atomic mass is 19.1. The monoisotopic (exact) mass is 372 g/mol. The number of nitrogens with one attached hydrogen (secondary N) is 1. The summed E-state index contributed by atoms with van der Waals surface area (Å²) in [4.78, 5) is 26.3. The fourth-order valence-electron chi connectivity index (χ4n) is 3.09. The molecule has 0 radical (unpaired) electrons. The molecule has 6 nitrogen and oxygen atoms in total. The van der Waals surface area contributed by atoms with Gasteiger partial charge in [-0.2, -0.15) is 0 Å². The summed E-state index contributed by atoms with van der Waals surface area (Å²) < 4.78 is 24.2. The number of benzene rings is 2. The van der Waals surface area contributed by atoms with E-state index in [1.165, 1.54) is 25.2 Å². The molecule has 27 heavy (non-hydrogen) atoms. The van der Waals surface area contributed by atoms with E-state index < -0.39 is 5.92 Å². The highest BCUT2D eigenvalue weighted by Gasteiger charge is 2.34. The van der Waals surface area contributed by atoms with Gasteiger partial charge >= 0.3 is 0 Å². The molecule has 1 aliphatic rings. The van der Waals surface area contributed by atoms with E-state index in [1.54, 1.807) is 36.4 Å². The van der Waals surface area contributed by atoms with Crippen molar-refractivity contribution < 1.29 is 23.5 Å². The first kappa shape index (κ1) is 18.7. The van der Waals surface area contributed by atoms with Crippen molar-refractivity contribution in [1.82, 2.24) is 4.90 Å². The molecule has 1 N–H and O–H groups in total. The molecule has 1 heterocycles. The van der Waals surface area contributed by atoms with E-state index in [1.807, 2.05) is 0 Å². The first-order valence-electron chi connectivity index (χ1n) is 8.56. The standard InChI is InChI=1S/C20H21FN2O4/c1-26-17-8-7-15(10-18(17)27-2)22-20(25)14-9-19(24)23(12-14)11-13-5-3-4-6-16(13)21/h3-8,10,14H,9,11-12H2,1-2H3,(H,22,25). The molecule has 0 saturated carbocycles. The maximum absolute atomic E-state index is 13.8. The van der Waals surface area contributed by atoms with Crippen LogP contribution in [0.5, 0.6) is 11.5 Å². The molecule has 0 spiro atoms. The Labute approximate surface area is 156 Å². The Hall–Kier alpha value is -3.09. The molecular formula is C20H21FN2O4. The van der Waals surface area contributed by atoms with E-state index in [4.69, 9.17) is 9.47 Å². The minimum atomic E-state index is -0.489. The normalized spacial score (nSPS) is 16.3. The number of hydrogen-bond donors (Lipinski definition) is 1. The van der Waals surface area contributed by atoms with Crippen LogP contribution in [0.1, 0.15) is 12.0 Å². The number of hydrogen-bond acceptors (Lipinski definition) is 4. The van der Waals surface area contributed by atoms with Gasteiger partial charge in [-0.25, -0.2) is 4.39 Å². The van der Waals surface area contributed by atoms with Crippen molar-refractivity contribution in [2.75, 3.05) is 26.1 Å². The third-order valence-electron chi connectivity index (χ3n) is 4.56. The topological polar surface area (TPSA) is 67.9 Å². The molecule has 2 aromatic carbocycles. The smallest absolute Gasteiger partial charge is 0.229 e. The number of halogens is 1. The highest BCUT2D eigenvalue weighted by Crippen LogP contribution is 2.30. The lowest BCUT2D eigenvalue weighted by Crippen LogP contribution is -2.28. The summed E-state index contributed by atoms with van der Waals surface area (Å²) in [5.74, 6) is -0.209. The van der Waals surface area contributed by atoms with Crippen molar-refractivity contribution in [3.63, 3.8) is 0 Å². The van der Waals surface area contributed by atoms with Crippen molar-refractivity contribution in [2.45, 2.75) is 13.0 Å². The molecule has 0 aromatic heterocycles. The van der Waals surface area contributed by atoms with E-state index in [-0.39, 0.29) is 37.1 Å². The van der Waals surface area contributed by atoms with Crippen LogP contribution in [-0.4, -0.2) is 37.5 Å². The molecule has 1 atom stereocenters. The third-order valence-corrected chi connectivity index (χ3v) is 4.56.